The minimum atomic E-state index is 1.07. The fourth-order valence-corrected chi connectivity index (χ4v) is 11.7. The fraction of sp³-hybridized carbons (Fsp3) is 0. The number of hydrogen-bond donors (Lipinski definition) is 0. The molecule has 0 spiro atoms. The van der Waals surface area contributed by atoms with E-state index in [2.05, 4.69) is 374 Å². The van der Waals surface area contributed by atoms with Crippen LogP contribution in [-0.2, 0) is 0 Å². The maximum Gasteiger partial charge on any atom is 0.0462 e. The van der Waals surface area contributed by atoms with E-state index in [-0.39, 0.29) is 0 Å². The lowest BCUT2D eigenvalue weighted by atomic mass is 9.99. The van der Waals surface area contributed by atoms with Crippen molar-refractivity contribution in [1.29, 1.82) is 0 Å². The van der Waals surface area contributed by atoms with Crippen LogP contribution in [0, 0.1) is 0 Å². The average Bonchev–Trinajstić information content (AvgIpc) is 2.75. The summed E-state index contributed by atoms with van der Waals surface area (Å²) in [5, 5.41) is 0. The monoisotopic (exact) mass is 1100 g/mol. The van der Waals surface area contributed by atoms with Gasteiger partial charge >= 0.3 is 0 Å². The van der Waals surface area contributed by atoms with Crippen molar-refractivity contribution < 1.29 is 0 Å². The van der Waals surface area contributed by atoms with Gasteiger partial charge in [0, 0.05) is 34.1 Å². The molecule has 0 saturated heterocycles. The van der Waals surface area contributed by atoms with Crippen LogP contribution in [0.3, 0.4) is 0 Å². The van der Waals surface area contributed by atoms with Crippen LogP contribution in [0.1, 0.15) is 0 Å². The van der Waals surface area contributed by atoms with Crippen LogP contribution in [0.15, 0.2) is 364 Å². The van der Waals surface area contributed by atoms with Gasteiger partial charge in [-0.3, -0.25) is 0 Å². The summed E-state index contributed by atoms with van der Waals surface area (Å²) in [5.41, 5.74) is 27.8. The zero-order valence-electron chi connectivity index (χ0n) is 47.5. The molecular formula is C84H60N2. The van der Waals surface area contributed by atoms with Crippen molar-refractivity contribution in [1.82, 2.24) is 0 Å². The number of hydrogen-bond acceptors (Lipinski definition) is 2. The molecule has 0 saturated carbocycles. The highest BCUT2D eigenvalue weighted by Crippen LogP contribution is 2.41. The van der Waals surface area contributed by atoms with E-state index in [1.807, 2.05) is 0 Å². The third-order valence-electron chi connectivity index (χ3n) is 16.4. The molecular weight excluding hydrogens is 1040 g/mol. The summed E-state index contributed by atoms with van der Waals surface area (Å²) in [6.07, 6.45) is 0. The Morgan fingerprint density at radius 1 is 0.0930 bits per heavy atom. The molecule has 0 fully saturated rings. The van der Waals surface area contributed by atoms with E-state index in [1.54, 1.807) is 0 Å². The van der Waals surface area contributed by atoms with Gasteiger partial charge in [0.15, 0.2) is 0 Å². The highest BCUT2D eigenvalue weighted by molar-refractivity contribution is 5.85. The quantitative estimate of drug-likeness (QED) is 0.101. The van der Waals surface area contributed by atoms with E-state index >= 15 is 0 Å². The first-order valence-electron chi connectivity index (χ1n) is 29.4. The lowest BCUT2D eigenvalue weighted by Gasteiger charge is -2.27. The largest absolute Gasteiger partial charge is 0.311 e. The molecule has 0 aliphatic heterocycles. The molecule has 0 atom stereocenters. The Bertz CT molecular complexity index is 3920. The van der Waals surface area contributed by atoms with Crippen LogP contribution in [0.25, 0.3) is 100 Å². The maximum atomic E-state index is 2.35. The molecule has 14 aromatic carbocycles. The van der Waals surface area contributed by atoms with E-state index in [1.165, 1.54) is 89.0 Å². The molecule has 406 valence electrons. The van der Waals surface area contributed by atoms with E-state index in [4.69, 9.17) is 0 Å². The SMILES string of the molecule is c1ccc(-c2ccc(-c3ccc(N(c4ccc(-c5ccc(-c6ccccc6)cc5)cc4)c4ccc(-c5ccc(N(c6ccc(-c7ccc(-c8ccccc8)cc7)cc6)c6ccc(-c7ccc(-c8ccccc8)cc7)cc6)cc5)cc4)cc3)cc2)cc1. The van der Waals surface area contributed by atoms with Gasteiger partial charge in [-0.2, -0.15) is 0 Å². The normalized spacial score (nSPS) is 11.0. The average molecular weight is 1100 g/mol. The second-order valence-corrected chi connectivity index (χ2v) is 21.7. The molecule has 86 heavy (non-hydrogen) atoms. The van der Waals surface area contributed by atoms with Gasteiger partial charge in [0.25, 0.3) is 0 Å². The highest BCUT2D eigenvalue weighted by atomic mass is 15.1. The van der Waals surface area contributed by atoms with Crippen molar-refractivity contribution in [3.8, 4) is 100 Å². The van der Waals surface area contributed by atoms with Gasteiger partial charge in [0.05, 0.1) is 0 Å². The third-order valence-corrected chi connectivity index (χ3v) is 16.4. The van der Waals surface area contributed by atoms with Crippen LogP contribution >= 0.6 is 0 Å². The van der Waals surface area contributed by atoms with E-state index in [0.717, 1.165) is 45.3 Å². The Balaban J connectivity index is 0.757. The Morgan fingerprint density at radius 3 is 0.302 bits per heavy atom. The van der Waals surface area contributed by atoms with Crippen molar-refractivity contribution >= 4 is 34.1 Å². The summed E-state index contributed by atoms with van der Waals surface area (Å²) in [4.78, 5) is 4.71. The van der Waals surface area contributed by atoms with Crippen LogP contribution < -0.4 is 9.80 Å². The molecule has 14 rings (SSSR count). The molecule has 0 unspecified atom stereocenters. The second kappa shape index (κ2) is 24.3. The highest BCUT2D eigenvalue weighted by Gasteiger charge is 2.17. The first-order chi connectivity index (χ1) is 42.6. The van der Waals surface area contributed by atoms with E-state index in [9.17, 15) is 0 Å². The number of anilines is 6. The Hall–Kier alpha value is -11.3. The fourth-order valence-electron chi connectivity index (χ4n) is 11.7. The number of nitrogens with zero attached hydrogens (tertiary/aromatic N) is 2. The summed E-state index contributed by atoms with van der Waals surface area (Å²) in [6.45, 7) is 0. The minimum absolute atomic E-state index is 1.07. The van der Waals surface area contributed by atoms with Crippen LogP contribution in [0.4, 0.5) is 34.1 Å². The molecule has 14 aromatic rings. The van der Waals surface area contributed by atoms with Crippen molar-refractivity contribution in [2.24, 2.45) is 0 Å². The van der Waals surface area contributed by atoms with Gasteiger partial charge in [0.2, 0.25) is 0 Å². The molecule has 0 radical (unpaired) electrons. The predicted molar refractivity (Wildman–Crippen MR) is 365 cm³/mol. The molecule has 0 heterocycles. The lowest BCUT2D eigenvalue weighted by molar-refractivity contribution is 1.28. The van der Waals surface area contributed by atoms with Gasteiger partial charge in [0.1, 0.15) is 0 Å². The van der Waals surface area contributed by atoms with Crippen LogP contribution in [-0.4, -0.2) is 0 Å². The van der Waals surface area contributed by atoms with Crippen molar-refractivity contribution in [2.75, 3.05) is 9.80 Å². The van der Waals surface area contributed by atoms with Crippen LogP contribution in [0.2, 0.25) is 0 Å². The summed E-state index contributed by atoms with van der Waals surface area (Å²) in [7, 11) is 0. The van der Waals surface area contributed by atoms with Crippen LogP contribution in [0.5, 0.6) is 0 Å². The van der Waals surface area contributed by atoms with Gasteiger partial charge in [-0.1, -0.05) is 291 Å². The smallest absolute Gasteiger partial charge is 0.0462 e. The Morgan fingerprint density at radius 2 is 0.186 bits per heavy atom. The standard InChI is InChI=1S/C84H60N2/c1-5-13-61(14-6-1)65-21-29-69(30-22-65)73-37-49-79(50-38-73)85(80-51-39-74(40-52-80)70-31-23-66(24-32-70)62-15-7-2-8-16-62)83-57-45-77(46-58-83)78-47-59-84(60-48-78)86(81-53-41-75(42-54-81)71-33-25-67(26-34-71)63-17-9-3-10-18-63)82-55-43-76(44-56-82)72-35-27-68(28-36-72)64-19-11-4-12-20-64/h1-60H. The first kappa shape index (κ1) is 52.7. The van der Waals surface area contributed by atoms with Crippen molar-refractivity contribution in [2.45, 2.75) is 0 Å². The molecule has 0 amide bonds. The first-order valence-corrected chi connectivity index (χ1v) is 29.4. The molecule has 0 aromatic heterocycles. The summed E-state index contributed by atoms with van der Waals surface area (Å²) < 4.78 is 0. The zero-order valence-corrected chi connectivity index (χ0v) is 47.5. The molecule has 2 nitrogen and oxygen atoms in total. The van der Waals surface area contributed by atoms with Gasteiger partial charge in [-0.15, -0.1) is 0 Å². The third kappa shape index (κ3) is 11.4. The Kier molecular flexibility index (Phi) is 14.9. The minimum Gasteiger partial charge on any atom is -0.311 e. The second-order valence-electron chi connectivity index (χ2n) is 21.7. The molecule has 2 heteroatoms. The molecule has 0 aliphatic rings. The number of benzene rings is 14. The van der Waals surface area contributed by atoms with E-state index < -0.39 is 0 Å². The van der Waals surface area contributed by atoms with Crippen molar-refractivity contribution in [3.05, 3.63) is 364 Å². The lowest BCUT2D eigenvalue weighted by Crippen LogP contribution is -2.10. The molecule has 0 bridgehead atoms. The molecule has 0 N–H and O–H groups in total. The molecule has 0 aliphatic carbocycles. The maximum absolute atomic E-state index is 2.35. The summed E-state index contributed by atoms with van der Waals surface area (Å²) in [6, 6.07) is 131. The van der Waals surface area contributed by atoms with Crippen molar-refractivity contribution in [3.63, 3.8) is 0 Å². The van der Waals surface area contributed by atoms with Gasteiger partial charge in [-0.05, 0) is 173 Å². The number of rotatable bonds is 15. The summed E-state index contributed by atoms with van der Waals surface area (Å²) >= 11 is 0. The van der Waals surface area contributed by atoms with Gasteiger partial charge in [-0.25, -0.2) is 0 Å². The topological polar surface area (TPSA) is 6.48 Å². The zero-order chi connectivity index (χ0) is 57.4. The Labute approximate surface area is 505 Å². The summed E-state index contributed by atoms with van der Waals surface area (Å²) in [5.74, 6) is 0. The predicted octanol–water partition coefficient (Wildman–Crippen LogP) is 23.6. The van der Waals surface area contributed by atoms with Gasteiger partial charge < -0.3 is 9.80 Å². The van der Waals surface area contributed by atoms with E-state index in [0.29, 0.717) is 0 Å².